The Balaban J connectivity index is 2.56. The van der Waals surface area contributed by atoms with Crippen LogP contribution in [0.25, 0.3) is 0 Å². The van der Waals surface area contributed by atoms with Crippen molar-refractivity contribution in [2.24, 2.45) is 0 Å². The Morgan fingerprint density at radius 2 is 2.00 bits per heavy atom. The number of aryl methyl sites for hydroxylation is 1. The highest BCUT2D eigenvalue weighted by Crippen LogP contribution is 2.19. The predicted molar refractivity (Wildman–Crippen MR) is 71.0 cm³/mol. The molecule has 4 nitrogen and oxygen atoms in total. The first kappa shape index (κ1) is 14.7. The highest BCUT2D eigenvalue weighted by molar-refractivity contribution is 7.90. The molecule has 0 N–H and O–H groups in total. The summed E-state index contributed by atoms with van der Waals surface area (Å²) < 4.78 is 27.4. The summed E-state index contributed by atoms with van der Waals surface area (Å²) >= 11 is 0. The molecule has 0 saturated heterocycles. The van der Waals surface area contributed by atoms with E-state index in [4.69, 9.17) is 4.74 Å². The Morgan fingerprint density at radius 3 is 2.50 bits per heavy atom. The molecule has 0 radical (unpaired) electrons. The summed E-state index contributed by atoms with van der Waals surface area (Å²) in [6, 6.07) is 5.22. The van der Waals surface area contributed by atoms with Gasteiger partial charge in [0, 0.05) is 11.8 Å². The molecule has 5 heteroatoms. The third-order valence-electron chi connectivity index (χ3n) is 2.50. The topological polar surface area (TPSA) is 60.4 Å². The van der Waals surface area contributed by atoms with Crippen molar-refractivity contribution < 1.29 is 17.9 Å². The van der Waals surface area contributed by atoms with Gasteiger partial charge in [0.05, 0.1) is 12.4 Å². The van der Waals surface area contributed by atoms with Crippen molar-refractivity contribution >= 4 is 15.6 Å². The quantitative estimate of drug-likeness (QED) is 0.586. The van der Waals surface area contributed by atoms with Gasteiger partial charge in [0.1, 0.15) is 15.6 Å². The van der Waals surface area contributed by atoms with E-state index in [-0.39, 0.29) is 11.5 Å². The smallest absolute Gasteiger partial charge is 0.159 e. The summed E-state index contributed by atoms with van der Waals surface area (Å²) in [5.41, 5.74) is 1.53. The molecular formula is C13H18O4S. The molecule has 0 aliphatic rings. The molecule has 0 unspecified atom stereocenters. The minimum Gasteiger partial charge on any atom is -0.493 e. The van der Waals surface area contributed by atoms with E-state index in [0.717, 1.165) is 5.56 Å². The van der Waals surface area contributed by atoms with Crippen molar-refractivity contribution in [1.82, 2.24) is 0 Å². The third kappa shape index (κ3) is 4.87. The van der Waals surface area contributed by atoms with Gasteiger partial charge in [0.15, 0.2) is 5.78 Å². The first-order valence-electron chi connectivity index (χ1n) is 5.72. The molecule has 0 aromatic heterocycles. The number of ether oxygens (including phenoxy) is 1. The zero-order valence-electron chi connectivity index (χ0n) is 10.9. The molecule has 0 fully saturated rings. The lowest BCUT2D eigenvalue weighted by atomic mass is 10.1. The maximum atomic E-state index is 11.2. The molecule has 0 bridgehead atoms. The van der Waals surface area contributed by atoms with Crippen molar-refractivity contribution in [3.05, 3.63) is 29.3 Å². The summed E-state index contributed by atoms with van der Waals surface area (Å²) in [6.07, 6.45) is 1.67. The van der Waals surface area contributed by atoms with E-state index in [1.54, 1.807) is 18.2 Å². The van der Waals surface area contributed by atoms with Crippen LogP contribution in [0.2, 0.25) is 0 Å². The zero-order chi connectivity index (χ0) is 13.8. The molecule has 0 aliphatic heterocycles. The molecule has 0 spiro atoms. The van der Waals surface area contributed by atoms with Gasteiger partial charge in [-0.1, -0.05) is 0 Å². The summed E-state index contributed by atoms with van der Waals surface area (Å²) in [4.78, 5) is 11.2. The first-order valence-corrected chi connectivity index (χ1v) is 7.78. The van der Waals surface area contributed by atoms with Gasteiger partial charge in [0.2, 0.25) is 0 Å². The van der Waals surface area contributed by atoms with Crippen LogP contribution in [-0.2, 0) is 9.84 Å². The second kappa shape index (κ2) is 6.00. The Labute approximate surface area is 108 Å². The van der Waals surface area contributed by atoms with Crippen molar-refractivity contribution in [2.45, 2.75) is 20.3 Å². The highest BCUT2D eigenvalue weighted by atomic mass is 32.2. The Bertz CT molecular complexity index is 532. The van der Waals surface area contributed by atoms with Crippen LogP contribution in [0.3, 0.4) is 0 Å². The number of hydrogen-bond acceptors (Lipinski definition) is 4. The van der Waals surface area contributed by atoms with Crippen LogP contribution in [0.1, 0.15) is 29.3 Å². The number of carbonyl (C=O) groups is 1. The Hall–Kier alpha value is -1.36. The monoisotopic (exact) mass is 270 g/mol. The van der Waals surface area contributed by atoms with E-state index in [9.17, 15) is 13.2 Å². The number of carbonyl (C=O) groups excluding carboxylic acids is 1. The molecule has 0 aliphatic carbocycles. The van der Waals surface area contributed by atoms with Gasteiger partial charge in [-0.15, -0.1) is 0 Å². The molecular weight excluding hydrogens is 252 g/mol. The molecule has 100 valence electrons. The molecule has 0 amide bonds. The van der Waals surface area contributed by atoms with Crippen LogP contribution >= 0.6 is 0 Å². The van der Waals surface area contributed by atoms with Crippen molar-refractivity contribution in [3.8, 4) is 5.75 Å². The summed E-state index contributed by atoms with van der Waals surface area (Å²) in [7, 11) is -2.93. The lowest BCUT2D eigenvalue weighted by molar-refractivity contribution is 0.101. The first-order chi connectivity index (χ1) is 8.29. The standard InChI is InChI=1S/C13H18O4S/c1-10-9-12(11(2)14)5-6-13(10)17-7-4-8-18(3,15)16/h5-6,9H,4,7-8H2,1-3H3. The van der Waals surface area contributed by atoms with E-state index < -0.39 is 9.84 Å². The molecule has 1 aromatic carbocycles. The maximum Gasteiger partial charge on any atom is 0.159 e. The number of sulfone groups is 1. The Kier molecular flexibility index (Phi) is 4.90. The average molecular weight is 270 g/mol. The number of benzene rings is 1. The van der Waals surface area contributed by atoms with Crippen molar-refractivity contribution in [1.29, 1.82) is 0 Å². The van der Waals surface area contributed by atoms with Crippen LogP contribution in [0.4, 0.5) is 0 Å². The highest BCUT2D eigenvalue weighted by Gasteiger charge is 2.05. The molecule has 0 saturated carbocycles. The van der Waals surface area contributed by atoms with Gasteiger partial charge >= 0.3 is 0 Å². The molecule has 1 aromatic rings. The van der Waals surface area contributed by atoms with Gasteiger partial charge in [-0.3, -0.25) is 4.79 Å². The Morgan fingerprint density at radius 1 is 1.33 bits per heavy atom. The van der Waals surface area contributed by atoms with Crippen LogP contribution in [0, 0.1) is 6.92 Å². The lowest BCUT2D eigenvalue weighted by Gasteiger charge is -2.09. The van der Waals surface area contributed by atoms with E-state index in [1.807, 2.05) is 6.92 Å². The average Bonchev–Trinajstić information content (AvgIpc) is 2.24. The van der Waals surface area contributed by atoms with E-state index in [1.165, 1.54) is 13.2 Å². The summed E-state index contributed by atoms with van der Waals surface area (Å²) in [5.74, 6) is 0.827. The molecule has 0 atom stereocenters. The van der Waals surface area contributed by atoms with Crippen LogP contribution in [0.5, 0.6) is 5.75 Å². The zero-order valence-corrected chi connectivity index (χ0v) is 11.7. The largest absolute Gasteiger partial charge is 0.493 e. The van der Waals surface area contributed by atoms with Gasteiger partial charge in [-0.25, -0.2) is 8.42 Å². The van der Waals surface area contributed by atoms with Crippen LogP contribution < -0.4 is 4.74 Å². The van der Waals surface area contributed by atoms with Gasteiger partial charge < -0.3 is 4.74 Å². The second-order valence-electron chi connectivity index (χ2n) is 4.37. The number of Topliss-reactive ketones (excluding diaryl/α,β-unsaturated/α-hetero) is 1. The number of hydrogen-bond donors (Lipinski definition) is 0. The predicted octanol–water partition coefficient (Wildman–Crippen LogP) is 2.01. The number of ketones is 1. The summed E-state index contributed by atoms with van der Waals surface area (Å²) in [5, 5.41) is 0. The fourth-order valence-corrected chi connectivity index (χ4v) is 2.18. The van der Waals surface area contributed by atoms with Gasteiger partial charge in [0.25, 0.3) is 0 Å². The lowest BCUT2D eigenvalue weighted by Crippen LogP contribution is -2.08. The van der Waals surface area contributed by atoms with Crippen LogP contribution in [-0.4, -0.2) is 32.8 Å². The van der Waals surface area contributed by atoms with Crippen molar-refractivity contribution in [2.75, 3.05) is 18.6 Å². The maximum absolute atomic E-state index is 11.2. The third-order valence-corrected chi connectivity index (χ3v) is 3.53. The SMILES string of the molecule is CC(=O)c1ccc(OCCCS(C)(=O)=O)c(C)c1. The fourth-order valence-electron chi connectivity index (χ4n) is 1.53. The minimum atomic E-state index is -2.93. The minimum absolute atomic E-state index is 0.0155. The van der Waals surface area contributed by atoms with Gasteiger partial charge in [-0.2, -0.15) is 0 Å². The summed E-state index contributed by atoms with van der Waals surface area (Å²) in [6.45, 7) is 3.73. The normalized spacial score (nSPS) is 11.3. The molecule has 0 heterocycles. The van der Waals surface area contributed by atoms with Crippen molar-refractivity contribution in [3.63, 3.8) is 0 Å². The molecule has 1 rings (SSSR count). The van der Waals surface area contributed by atoms with E-state index in [0.29, 0.717) is 24.3 Å². The van der Waals surface area contributed by atoms with Gasteiger partial charge in [-0.05, 0) is 44.0 Å². The second-order valence-corrected chi connectivity index (χ2v) is 6.63. The number of rotatable bonds is 6. The van der Waals surface area contributed by atoms with E-state index >= 15 is 0 Å². The van der Waals surface area contributed by atoms with E-state index in [2.05, 4.69) is 0 Å². The fraction of sp³-hybridized carbons (Fsp3) is 0.462. The molecule has 18 heavy (non-hydrogen) atoms. The van der Waals surface area contributed by atoms with Crippen LogP contribution in [0.15, 0.2) is 18.2 Å².